The molecule has 0 radical (unpaired) electrons. The Hall–Kier alpha value is -2.23. The molecule has 0 saturated carbocycles. The molecular weight excluding hydrogens is 286 g/mol. The highest BCUT2D eigenvalue weighted by Gasteiger charge is 2.31. The van der Waals surface area contributed by atoms with E-state index in [0.29, 0.717) is 11.6 Å². The molecular formula is C19H23N3O. The maximum atomic E-state index is 9.37. The van der Waals surface area contributed by atoms with Gasteiger partial charge in [0.05, 0.1) is 17.1 Å². The van der Waals surface area contributed by atoms with Gasteiger partial charge in [0.25, 0.3) is 0 Å². The molecule has 1 aliphatic rings. The van der Waals surface area contributed by atoms with E-state index in [-0.39, 0.29) is 5.41 Å². The minimum absolute atomic E-state index is 0.0453. The fourth-order valence-corrected chi connectivity index (χ4v) is 3.13. The Morgan fingerprint density at radius 3 is 2.39 bits per heavy atom. The fourth-order valence-electron chi connectivity index (χ4n) is 3.13. The first kappa shape index (κ1) is 15.7. The predicted molar refractivity (Wildman–Crippen MR) is 92.0 cm³/mol. The first-order chi connectivity index (χ1) is 10.9. The normalized spacial score (nSPS) is 18.2. The van der Waals surface area contributed by atoms with Crippen LogP contribution in [0.15, 0.2) is 35.5 Å². The van der Waals surface area contributed by atoms with Crippen molar-refractivity contribution in [1.29, 1.82) is 0 Å². The van der Waals surface area contributed by atoms with Gasteiger partial charge < -0.3 is 5.21 Å². The van der Waals surface area contributed by atoms with Crippen molar-refractivity contribution in [3.8, 4) is 11.3 Å². The van der Waals surface area contributed by atoms with E-state index in [4.69, 9.17) is 0 Å². The molecule has 1 heterocycles. The number of hydrogen-bond donors (Lipinski definition) is 1. The summed E-state index contributed by atoms with van der Waals surface area (Å²) in [6.07, 6.45) is 1.59. The standard InChI is InChI=1S/C19H23N3O/c1-12(2)13-5-7-14(8-6-13)16-9-15-17(21-20-16)10-19(3,4)11-18(15)22-23/h5-9,12,23H,10-11H2,1-4H3/b22-18-. The Morgan fingerprint density at radius 1 is 1.09 bits per heavy atom. The van der Waals surface area contributed by atoms with Gasteiger partial charge >= 0.3 is 0 Å². The van der Waals surface area contributed by atoms with E-state index in [1.54, 1.807) is 0 Å². The van der Waals surface area contributed by atoms with E-state index in [1.807, 2.05) is 6.07 Å². The molecule has 4 heteroatoms. The summed E-state index contributed by atoms with van der Waals surface area (Å²) >= 11 is 0. The molecule has 3 rings (SSSR count). The Morgan fingerprint density at radius 2 is 1.78 bits per heavy atom. The summed E-state index contributed by atoms with van der Waals surface area (Å²) in [6.45, 7) is 8.67. The fraction of sp³-hybridized carbons (Fsp3) is 0.421. The van der Waals surface area contributed by atoms with E-state index in [2.05, 4.69) is 67.3 Å². The van der Waals surface area contributed by atoms with Gasteiger partial charge in [-0.05, 0) is 35.8 Å². The first-order valence-electron chi connectivity index (χ1n) is 8.08. The van der Waals surface area contributed by atoms with Crippen LogP contribution in [0.2, 0.25) is 0 Å². The molecule has 0 aliphatic heterocycles. The quantitative estimate of drug-likeness (QED) is 0.660. The molecule has 0 amide bonds. The second kappa shape index (κ2) is 5.76. The van der Waals surface area contributed by atoms with Crippen LogP contribution in [0.4, 0.5) is 0 Å². The number of rotatable bonds is 2. The van der Waals surface area contributed by atoms with Crippen LogP contribution in [0.3, 0.4) is 0 Å². The maximum Gasteiger partial charge on any atom is 0.0936 e. The van der Waals surface area contributed by atoms with Crippen molar-refractivity contribution < 1.29 is 5.21 Å². The molecule has 4 nitrogen and oxygen atoms in total. The van der Waals surface area contributed by atoms with Crippen molar-refractivity contribution >= 4 is 5.71 Å². The van der Waals surface area contributed by atoms with Crippen LogP contribution < -0.4 is 0 Å². The van der Waals surface area contributed by atoms with Crippen LogP contribution >= 0.6 is 0 Å². The summed E-state index contributed by atoms with van der Waals surface area (Å²) in [5, 5.41) is 21.7. The summed E-state index contributed by atoms with van der Waals surface area (Å²) in [6, 6.07) is 10.4. The van der Waals surface area contributed by atoms with Crippen LogP contribution in [-0.2, 0) is 6.42 Å². The molecule has 0 saturated heterocycles. The van der Waals surface area contributed by atoms with Gasteiger partial charge in [-0.25, -0.2) is 0 Å². The Balaban J connectivity index is 2.01. The molecule has 2 aromatic rings. The van der Waals surface area contributed by atoms with E-state index < -0.39 is 0 Å². The van der Waals surface area contributed by atoms with Gasteiger partial charge in [-0.3, -0.25) is 0 Å². The lowest BCUT2D eigenvalue weighted by Gasteiger charge is -2.30. The number of oxime groups is 1. The van der Waals surface area contributed by atoms with Crippen molar-refractivity contribution in [3.05, 3.63) is 47.2 Å². The topological polar surface area (TPSA) is 58.4 Å². The second-order valence-electron chi connectivity index (χ2n) is 7.43. The summed E-state index contributed by atoms with van der Waals surface area (Å²) in [5.74, 6) is 0.508. The van der Waals surface area contributed by atoms with E-state index in [0.717, 1.165) is 35.4 Å². The van der Waals surface area contributed by atoms with Gasteiger partial charge in [0, 0.05) is 11.1 Å². The zero-order chi connectivity index (χ0) is 16.6. The van der Waals surface area contributed by atoms with Crippen LogP contribution in [0.1, 0.15) is 56.9 Å². The van der Waals surface area contributed by atoms with Crippen LogP contribution in [0.25, 0.3) is 11.3 Å². The lowest BCUT2D eigenvalue weighted by Crippen LogP contribution is -2.28. The highest BCUT2D eigenvalue weighted by Crippen LogP contribution is 2.35. The highest BCUT2D eigenvalue weighted by molar-refractivity contribution is 6.03. The first-order valence-corrected chi connectivity index (χ1v) is 8.08. The SMILES string of the molecule is CC(C)c1ccc(-c2cc3c(nn2)CC(C)(C)C/C3=N/O)cc1. The zero-order valence-corrected chi connectivity index (χ0v) is 14.2. The molecule has 0 spiro atoms. The van der Waals surface area contributed by atoms with Crippen molar-refractivity contribution in [3.63, 3.8) is 0 Å². The lowest BCUT2D eigenvalue weighted by molar-refractivity contribution is 0.305. The van der Waals surface area contributed by atoms with Crippen molar-refractivity contribution in [2.75, 3.05) is 0 Å². The summed E-state index contributed by atoms with van der Waals surface area (Å²) in [7, 11) is 0. The minimum Gasteiger partial charge on any atom is -0.411 e. The average molecular weight is 309 g/mol. The number of aromatic nitrogens is 2. The van der Waals surface area contributed by atoms with Crippen molar-refractivity contribution in [2.45, 2.75) is 46.5 Å². The highest BCUT2D eigenvalue weighted by atomic mass is 16.4. The van der Waals surface area contributed by atoms with Crippen molar-refractivity contribution in [2.24, 2.45) is 10.6 Å². The number of hydrogen-bond acceptors (Lipinski definition) is 4. The largest absolute Gasteiger partial charge is 0.411 e. The summed E-state index contributed by atoms with van der Waals surface area (Å²) in [5.41, 5.74) is 5.74. The van der Waals surface area contributed by atoms with Gasteiger partial charge in [-0.1, -0.05) is 57.1 Å². The second-order valence-corrected chi connectivity index (χ2v) is 7.43. The molecule has 120 valence electrons. The van der Waals surface area contributed by atoms with Crippen LogP contribution in [0, 0.1) is 5.41 Å². The number of benzene rings is 1. The molecule has 1 aliphatic carbocycles. The molecule has 0 bridgehead atoms. The number of fused-ring (bicyclic) bond motifs is 1. The molecule has 23 heavy (non-hydrogen) atoms. The van der Waals surface area contributed by atoms with Crippen molar-refractivity contribution in [1.82, 2.24) is 10.2 Å². The molecule has 0 fully saturated rings. The molecule has 1 aromatic heterocycles. The Kier molecular flexibility index (Phi) is 3.92. The zero-order valence-electron chi connectivity index (χ0n) is 14.2. The van der Waals surface area contributed by atoms with E-state index in [1.165, 1.54) is 5.56 Å². The maximum absolute atomic E-state index is 9.37. The number of nitrogens with zero attached hydrogens (tertiary/aromatic N) is 3. The summed E-state index contributed by atoms with van der Waals surface area (Å²) < 4.78 is 0. The average Bonchev–Trinajstić information content (AvgIpc) is 2.53. The third-order valence-electron chi connectivity index (χ3n) is 4.47. The van der Waals surface area contributed by atoms with Gasteiger partial charge in [0.2, 0.25) is 0 Å². The molecule has 1 N–H and O–H groups in total. The molecule has 0 unspecified atom stereocenters. The molecule has 1 aromatic carbocycles. The minimum atomic E-state index is 0.0453. The molecule has 0 atom stereocenters. The van der Waals surface area contributed by atoms with Gasteiger partial charge in [-0.15, -0.1) is 0 Å². The Bertz CT molecular complexity index is 746. The lowest BCUT2D eigenvalue weighted by atomic mass is 9.75. The van der Waals surface area contributed by atoms with E-state index in [9.17, 15) is 5.21 Å². The van der Waals surface area contributed by atoms with Crippen LogP contribution in [0.5, 0.6) is 0 Å². The van der Waals surface area contributed by atoms with Gasteiger partial charge in [0.1, 0.15) is 0 Å². The van der Waals surface area contributed by atoms with Crippen LogP contribution in [-0.4, -0.2) is 21.1 Å². The van der Waals surface area contributed by atoms with E-state index >= 15 is 0 Å². The third kappa shape index (κ3) is 3.11. The third-order valence-corrected chi connectivity index (χ3v) is 4.47. The van der Waals surface area contributed by atoms with Gasteiger partial charge in [-0.2, -0.15) is 10.2 Å². The Labute approximate surface area is 137 Å². The monoisotopic (exact) mass is 309 g/mol. The van der Waals surface area contributed by atoms with Gasteiger partial charge in [0.15, 0.2) is 0 Å². The predicted octanol–water partition coefficient (Wildman–Crippen LogP) is 4.42. The summed E-state index contributed by atoms with van der Waals surface area (Å²) in [4.78, 5) is 0. The smallest absolute Gasteiger partial charge is 0.0936 e.